The standard InChI is InChI=1S/C17H21N5O2/c1-11-13(8-5-9-19-11)20-17(24)14-10-15(16(18)23)22(21-14)12-6-3-2-4-7-12/h2-4,6-7,10-11,13,19H,5,8-9H2,1H3,(H2,18,23)(H,20,24). The van der Waals surface area contributed by atoms with Crippen LogP contribution in [0.3, 0.4) is 0 Å². The van der Waals surface area contributed by atoms with E-state index in [4.69, 9.17) is 5.73 Å². The Morgan fingerprint density at radius 1 is 1.33 bits per heavy atom. The van der Waals surface area contributed by atoms with E-state index in [0.29, 0.717) is 5.69 Å². The highest BCUT2D eigenvalue weighted by Crippen LogP contribution is 2.14. The lowest BCUT2D eigenvalue weighted by molar-refractivity contribution is 0.0913. The highest BCUT2D eigenvalue weighted by atomic mass is 16.2. The zero-order valence-electron chi connectivity index (χ0n) is 13.5. The van der Waals surface area contributed by atoms with Crippen molar-refractivity contribution in [3.63, 3.8) is 0 Å². The minimum Gasteiger partial charge on any atom is -0.364 e. The number of nitrogens with one attached hydrogen (secondary N) is 2. The molecule has 0 spiro atoms. The summed E-state index contributed by atoms with van der Waals surface area (Å²) in [7, 11) is 0. The van der Waals surface area contributed by atoms with Gasteiger partial charge in [-0.3, -0.25) is 9.59 Å². The van der Waals surface area contributed by atoms with Crippen molar-refractivity contribution in [1.29, 1.82) is 0 Å². The summed E-state index contributed by atoms with van der Waals surface area (Å²) in [6, 6.07) is 10.8. The van der Waals surface area contributed by atoms with Crippen molar-refractivity contribution in [3.05, 3.63) is 47.8 Å². The summed E-state index contributed by atoms with van der Waals surface area (Å²) in [5, 5.41) is 10.6. The zero-order chi connectivity index (χ0) is 17.1. The van der Waals surface area contributed by atoms with Gasteiger partial charge in [-0.15, -0.1) is 0 Å². The van der Waals surface area contributed by atoms with E-state index in [1.54, 1.807) is 12.1 Å². The maximum atomic E-state index is 12.5. The van der Waals surface area contributed by atoms with Crippen molar-refractivity contribution < 1.29 is 9.59 Å². The van der Waals surface area contributed by atoms with Crippen molar-refractivity contribution in [1.82, 2.24) is 20.4 Å². The number of amides is 2. The number of rotatable bonds is 4. The molecule has 4 N–H and O–H groups in total. The summed E-state index contributed by atoms with van der Waals surface area (Å²) in [5.74, 6) is -0.925. The highest BCUT2D eigenvalue weighted by molar-refractivity contribution is 5.97. The summed E-state index contributed by atoms with van der Waals surface area (Å²) >= 11 is 0. The molecule has 2 heterocycles. The van der Waals surface area contributed by atoms with Crippen molar-refractivity contribution in [2.75, 3.05) is 6.54 Å². The van der Waals surface area contributed by atoms with Gasteiger partial charge >= 0.3 is 0 Å². The normalized spacial score (nSPS) is 20.5. The van der Waals surface area contributed by atoms with Gasteiger partial charge in [0.2, 0.25) is 0 Å². The number of para-hydroxylation sites is 1. The first-order chi connectivity index (χ1) is 11.6. The molecular weight excluding hydrogens is 306 g/mol. The molecule has 7 heteroatoms. The largest absolute Gasteiger partial charge is 0.364 e. The molecule has 1 aromatic carbocycles. The molecule has 0 saturated carbocycles. The lowest BCUT2D eigenvalue weighted by Crippen LogP contribution is -2.52. The monoisotopic (exact) mass is 327 g/mol. The van der Waals surface area contributed by atoms with Gasteiger partial charge in [0, 0.05) is 18.2 Å². The number of benzene rings is 1. The smallest absolute Gasteiger partial charge is 0.272 e. The van der Waals surface area contributed by atoms with E-state index in [1.165, 1.54) is 10.7 Å². The number of nitrogens with two attached hydrogens (primary N) is 1. The molecule has 2 unspecified atom stereocenters. The van der Waals surface area contributed by atoms with E-state index in [2.05, 4.69) is 15.7 Å². The van der Waals surface area contributed by atoms with Gasteiger partial charge in [-0.05, 0) is 38.4 Å². The number of hydrogen-bond acceptors (Lipinski definition) is 4. The molecule has 0 aliphatic carbocycles. The zero-order valence-corrected chi connectivity index (χ0v) is 13.5. The van der Waals surface area contributed by atoms with Gasteiger partial charge in [0.1, 0.15) is 5.69 Å². The third kappa shape index (κ3) is 3.30. The van der Waals surface area contributed by atoms with Gasteiger partial charge < -0.3 is 16.4 Å². The van der Waals surface area contributed by atoms with Crippen LogP contribution in [0.2, 0.25) is 0 Å². The molecule has 0 bridgehead atoms. The van der Waals surface area contributed by atoms with E-state index in [-0.39, 0.29) is 29.4 Å². The van der Waals surface area contributed by atoms with Crippen LogP contribution in [-0.4, -0.2) is 40.2 Å². The average molecular weight is 327 g/mol. The Labute approximate surface area is 140 Å². The van der Waals surface area contributed by atoms with Crippen molar-refractivity contribution in [3.8, 4) is 5.69 Å². The molecule has 0 radical (unpaired) electrons. The Morgan fingerprint density at radius 2 is 2.08 bits per heavy atom. The topological polar surface area (TPSA) is 102 Å². The summed E-state index contributed by atoms with van der Waals surface area (Å²) in [4.78, 5) is 24.2. The van der Waals surface area contributed by atoms with Crippen LogP contribution < -0.4 is 16.4 Å². The molecule has 3 rings (SSSR count). The molecule has 1 aliphatic heterocycles. The number of carbonyl (C=O) groups excluding carboxylic acids is 2. The summed E-state index contributed by atoms with van der Waals surface area (Å²) in [5.41, 5.74) is 6.48. The van der Waals surface area contributed by atoms with Crippen LogP contribution >= 0.6 is 0 Å². The molecule has 2 atom stereocenters. The number of carbonyl (C=O) groups is 2. The number of piperidine rings is 1. The Morgan fingerprint density at radius 3 is 2.75 bits per heavy atom. The van der Waals surface area contributed by atoms with E-state index >= 15 is 0 Å². The molecule has 1 aromatic heterocycles. The second-order valence-electron chi connectivity index (χ2n) is 5.99. The van der Waals surface area contributed by atoms with Crippen molar-refractivity contribution >= 4 is 11.8 Å². The van der Waals surface area contributed by atoms with E-state index in [9.17, 15) is 9.59 Å². The van der Waals surface area contributed by atoms with Gasteiger partial charge in [0.05, 0.1) is 5.69 Å². The van der Waals surface area contributed by atoms with Crippen LogP contribution in [0.15, 0.2) is 36.4 Å². The maximum absolute atomic E-state index is 12.5. The fourth-order valence-corrected chi connectivity index (χ4v) is 2.92. The van der Waals surface area contributed by atoms with E-state index in [1.807, 2.05) is 25.1 Å². The second-order valence-corrected chi connectivity index (χ2v) is 5.99. The first kappa shape index (κ1) is 16.2. The number of primary amides is 1. The molecule has 7 nitrogen and oxygen atoms in total. The van der Waals surface area contributed by atoms with E-state index in [0.717, 1.165) is 19.4 Å². The SMILES string of the molecule is CC1NCCCC1NC(=O)c1cc(C(N)=O)n(-c2ccccc2)n1. The molecule has 1 fully saturated rings. The van der Waals surface area contributed by atoms with Gasteiger partial charge in [0.25, 0.3) is 11.8 Å². The van der Waals surface area contributed by atoms with E-state index < -0.39 is 5.91 Å². The highest BCUT2D eigenvalue weighted by Gasteiger charge is 2.25. The van der Waals surface area contributed by atoms with Crippen LogP contribution in [-0.2, 0) is 0 Å². The van der Waals surface area contributed by atoms with Gasteiger partial charge in [-0.2, -0.15) is 5.10 Å². The quantitative estimate of drug-likeness (QED) is 0.774. The van der Waals surface area contributed by atoms with Gasteiger partial charge in [-0.1, -0.05) is 18.2 Å². The molecule has 24 heavy (non-hydrogen) atoms. The Kier molecular flexibility index (Phi) is 4.61. The van der Waals surface area contributed by atoms with Crippen molar-refractivity contribution in [2.45, 2.75) is 31.8 Å². The van der Waals surface area contributed by atoms with Gasteiger partial charge in [-0.25, -0.2) is 4.68 Å². The van der Waals surface area contributed by atoms with Crippen LogP contribution in [0.5, 0.6) is 0 Å². The lowest BCUT2D eigenvalue weighted by atomic mass is 10.00. The fraction of sp³-hybridized carbons (Fsp3) is 0.353. The number of aromatic nitrogens is 2. The summed E-state index contributed by atoms with van der Waals surface area (Å²) < 4.78 is 1.40. The Hall–Kier alpha value is -2.67. The molecule has 126 valence electrons. The molecule has 1 saturated heterocycles. The van der Waals surface area contributed by atoms with Crippen molar-refractivity contribution in [2.24, 2.45) is 5.73 Å². The number of nitrogens with zero attached hydrogens (tertiary/aromatic N) is 2. The Bertz CT molecular complexity index is 741. The first-order valence-electron chi connectivity index (χ1n) is 8.06. The third-order valence-corrected chi connectivity index (χ3v) is 4.27. The predicted molar refractivity (Wildman–Crippen MR) is 90.0 cm³/mol. The predicted octanol–water partition coefficient (Wildman–Crippen LogP) is 0.842. The summed E-state index contributed by atoms with van der Waals surface area (Å²) in [6.45, 7) is 3.00. The minimum absolute atomic E-state index is 0.0464. The van der Waals surface area contributed by atoms with Crippen LogP contribution in [0, 0.1) is 0 Å². The summed E-state index contributed by atoms with van der Waals surface area (Å²) in [6.07, 6.45) is 1.93. The minimum atomic E-state index is -0.627. The van der Waals surface area contributed by atoms with Crippen LogP contribution in [0.25, 0.3) is 5.69 Å². The fourth-order valence-electron chi connectivity index (χ4n) is 2.92. The second kappa shape index (κ2) is 6.84. The molecule has 2 aromatic rings. The average Bonchev–Trinajstić information content (AvgIpc) is 3.03. The van der Waals surface area contributed by atoms with Crippen LogP contribution in [0.4, 0.5) is 0 Å². The maximum Gasteiger partial charge on any atom is 0.272 e. The lowest BCUT2D eigenvalue weighted by Gasteiger charge is -2.30. The van der Waals surface area contributed by atoms with Gasteiger partial charge in [0.15, 0.2) is 5.69 Å². The first-order valence-corrected chi connectivity index (χ1v) is 8.06. The number of hydrogen-bond donors (Lipinski definition) is 3. The third-order valence-electron chi connectivity index (χ3n) is 4.27. The molecular formula is C17H21N5O2. The molecule has 1 aliphatic rings. The van der Waals surface area contributed by atoms with Crippen LogP contribution in [0.1, 0.15) is 40.7 Å². The molecule has 2 amide bonds. The Balaban J connectivity index is 1.86.